The molecule has 0 fully saturated rings. The molecular formula is C14H14N4. The Morgan fingerprint density at radius 1 is 1.00 bits per heavy atom. The van der Waals surface area contributed by atoms with Crippen molar-refractivity contribution in [2.24, 2.45) is 5.84 Å². The van der Waals surface area contributed by atoms with Gasteiger partial charge in [-0.05, 0) is 17.7 Å². The van der Waals surface area contributed by atoms with E-state index in [1.54, 1.807) is 0 Å². The Morgan fingerprint density at radius 3 is 2.50 bits per heavy atom. The number of para-hydroxylation sites is 2. The predicted molar refractivity (Wildman–Crippen MR) is 73.1 cm³/mol. The molecule has 3 rings (SSSR count). The van der Waals surface area contributed by atoms with Crippen molar-refractivity contribution in [1.82, 2.24) is 9.55 Å². The van der Waals surface area contributed by atoms with Gasteiger partial charge in [0.2, 0.25) is 5.95 Å². The molecule has 0 aliphatic rings. The maximum atomic E-state index is 5.53. The lowest BCUT2D eigenvalue weighted by Gasteiger charge is -2.08. The molecule has 0 radical (unpaired) electrons. The standard InChI is InChI=1S/C14H14N4/c15-17-14-16-12-8-4-5-9-13(12)18(14)10-11-6-2-1-3-7-11/h1-9H,10,15H2,(H,16,17). The molecule has 4 heteroatoms. The lowest BCUT2D eigenvalue weighted by molar-refractivity contribution is 0.827. The molecule has 0 bridgehead atoms. The number of nitrogen functional groups attached to an aromatic ring is 1. The minimum absolute atomic E-state index is 0.681. The van der Waals surface area contributed by atoms with Crippen molar-refractivity contribution in [3.8, 4) is 0 Å². The van der Waals surface area contributed by atoms with Crippen LogP contribution in [0.25, 0.3) is 11.0 Å². The fourth-order valence-corrected chi connectivity index (χ4v) is 2.11. The van der Waals surface area contributed by atoms with Crippen LogP contribution >= 0.6 is 0 Å². The van der Waals surface area contributed by atoms with E-state index in [0.29, 0.717) is 5.95 Å². The number of anilines is 1. The lowest BCUT2D eigenvalue weighted by atomic mass is 10.2. The molecule has 4 nitrogen and oxygen atoms in total. The Hall–Kier alpha value is -2.33. The van der Waals surface area contributed by atoms with E-state index in [9.17, 15) is 0 Å². The number of hydrazine groups is 1. The molecule has 1 heterocycles. The van der Waals surface area contributed by atoms with Gasteiger partial charge in [0.05, 0.1) is 17.6 Å². The van der Waals surface area contributed by atoms with Gasteiger partial charge in [-0.25, -0.2) is 10.8 Å². The number of fused-ring (bicyclic) bond motifs is 1. The molecular weight excluding hydrogens is 224 g/mol. The number of hydrogen-bond donors (Lipinski definition) is 2. The monoisotopic (exact) mass is 238 g/mol. The average Bonchev–Trinajstić information content (AvgIpc) is 2.78. The molecule has 1 aromatic heterocycles. The zero-order valence-corrected chi connectivity index (χ0v) is 9.88. The lowest BCUT2D eigenvalue weighted by Crippen LogP contribution is -2.13. The molecule has 3 aromatic rings. The summed E-state index contributed by atoms with van der Waals surface area (Å²) in [6.07, 6.45) is 0. The average molecular weight is 238 g/mol. The van der Waals surface area contributed by atoms with Crippen LogP contribution in [0.3, 0.4) is 0 Å². The largest absolute Gasteiger partial charge is 0.305 e. The number of aromatic nitrogens is 2. The smallest absolute Gasteiger partial charge is 0.218 e. The van der Waals surface area contributed by atoms with Gasteiger partial charge in [-0.1, -0.05) is 42.5 Å². The van der Waals surface area contributed by atoms with E-state index in [4.69, 9.17) is 5.84 Å². The van der Waals surface area contributed by atoms with E-state index in [2.05, 4.69) is 27.1 Å². The summed E-state index contributed by atoms with van der Waals surface area (Å²) in [5.41, 5.74) is 5.90. The molecule has 0 aliphatic heterocycles. The van der Waals surface area contributed by atoms with Gasteiger partial charge >= 0.3 is 0 Å². The molecule has 90 valence electrons. The molecule has 18 heavy (non-hydrogen) atoms. The number of nitrogens with one attached hydrogen (secondary N) is 1. The van der Waals surface area contributed by atoms with Gasteiger partial charge in [-0.2, -0.15) is 0 Å². The Balaban J connectivity index is 2.10. The van der Waals surface area contributed by atoms with Gasteiger partial charge in [0.1, 0.15) is 0 Å². The first kappa shape index (κ1) is 10.8. The normalized spacial score (nSPS) is 10.7. The summed E-state index contributed by atoms with van der Waals surface area (Å²) >= 11 is 0. The zero-order chi connectivity index (χ0) is 12.4. The molecule has 0 unspecified atom stereocenters. The minimum Gasteiger partial charge on any atom is -0.305 e. The molecule has 2 aromatic carbocycles. The number of rotatable bonds is 3. The van der Waals surface area contributed by atoms with E-state index in [1.807, 2.05) is 42.5 Å². The highest BCUT2D eigenvalue weighted by Gasteiger charge is 2.09. The molecule has 0 spiro atoms. The predicted octanol–water partition coefficient (Wildman–Crippen LogP) is 2.37. The summed E-state index contributed by atoms with van der Waals surface area (Å²) in [7, 11) is 0. The van der Waals surface area contributed by atoms with Crippen molar-refractivity contribution in [1.29, 1.82) is 0 Å². The van der Waals surface area contributed by atoms with Crippen LogP contribution in [0.1, 0.15) is 5.56 Å². The quantitative estimate of drug-likeness (QED) is 0.544. The van der Waals surface area contributed by atoms with Crippen LogP contribution < -0.4 is 11.3 Å². The van der Waals surface area contributed by atoms with Crippen molar-refractivity contribution in [3.63, 3.8) is 0 Å². The van der Waals surface area contributed by atoms with Gasteiger partial charge in [0.15, 0.2) is 0 Å². The Labute approximate surface area is 105 Å². The summed E-state index contributed by atoms with van der Waals surface area (Å²) < 4.78 is 2.07. The van der Waals surface area contributed by atoms with Gasteiger partial charge < -0.3 is 4.57 Å². The number of nitrogens with zero attached hydrogens (tertiary/aromatic N) is 2. The number of hydrogen-bond acceptors (Lipinski definition) is 3. The SMILES string of the molecule is NNc1nc2ccccc2n1Cc1ccccc1. The van der Waals surface area contributed by atoms with E-state index in [1.165, 1.54) is 5.56 Å². The highest BCUT2D eigenvalue weighted by molar-refractivity contribution is 5.78. The maximum Gasteiger partial charge on any atom is 0.218 e. The summed E-state index contributed by atoms with van der Waals surface area (Å²) in [4.78, 5) is 4.45. The van der Waals surface area contributed by atoms with Crippen molar-refractivity contribution in [3.05, 3.63) is 60.2 Å². The van der Waals surface area contributed by atoms with Crippen LogP contribution in [-0.4, -0.2) is 9.55 Å². The highest BCUT2D eigenvalue weighted by atomic mass is 15.3. The Kier molecular flexibility index (Phi) is 2.70. The first-order valence-corrected chi connectivity index (χ1v) is 5.84. The second-order valence-electron chi connectivity index (χ2n) is 4.14. The van der Waals surface area contributed by atoms with Crippen molar-refractivity contribution >= 4 is 17.0 Å². The maximum absolute atomic E-state index is 5.53. The van der Waals surface area contributed by atoms with E-state index in [0.717, 1.165) is 17.6 Å². The fraction of sp³-hybridized carbons (Fsp3) is 0.0714. The summed E-state index contributed by atoms with van der Waals surface area (Å²) in [5, 5.41) is 0. The first-order chi connectivity index (χ1) is 8.88. The fourth-order valence-electron chi connectivity index (χ4n) is 2.11. The van der Waals surface area contributed by atoms with Crippen LogP contribution in [-0.2, 0) is 6.54 Å². The number of benzene rings is 2. The van der Waals surface area contributed by atoms with Gasteiger partial charge in [0, 0.05) is 0 Å². The number of nitrogens with two attached hydrogens (primary N) is 1. The summed E-state index contributed by atoms with van der Waals surface area (Å²) in [6, 6.07) is 18.3. The van der Waals surface area contributed by atoms with Gasteiger partial charge in [0.25, 0.3) is 0 Å². The third-order valence-corrected chi connectivity index (χ3v) is 2.97. The molecule has 0 amide bonds. The van der Waals surface area contributed by atoms with Crippen LogP contribution in [0.5, 0.6) is 0 Å². The molecule has 0 aliphatic carbocycles. The van der Waals surface area contributed by atoms with Gasteiger partial charge in [-0.3, -0.25) is 5.43 Å². The molecule has 0 saturated heterocycles. The second-order valence-corrected chi connectivity index (χ2v) is 4.14. The molecule has 3 N–H and O–H groups in total. The van der Waals surface area contributed by atoms with Crippen molar-refractivity contribution in [2.75, 3.05) is 5.43 Å². The topological polar surface area (TPSA) is 55.9 Å². The van der Waals surface area contributed by atoms with E-state index >= 15 is 0 Å². The minimum atomic E-state index is 0.681. The van der Waals surface area contributed by atoms with Gasteiger partial charge in [-0.15, -0.1) is 0 Å². The molecule has 0 atom stereocenters. The third-order valence-electron chi connectivity index (χ3n) is 2.97. The first-order valence-electron chi connectivity index (χ1n) is 5.84. The van der Waals surface area contributed by atoms with E-state index in [-0.39, 0.29) is 0 Å². The van der Waals surface area contributed by atoms with Crippen LogP contribution in [0.2, 0.25) is 0 Å². The summed E-state index contributed by atoms with van der Waals surface area (Å²) in [6.45, 7) is 0.751. The molecule has 0 saturated carbocycles. The second kappa shape index (κ2) is 4.50. The zero-order valence-electron chi connectivity index (χ0n) is 9.88. The summed E-state index contributed by atoms with van der Waals surface area (Å²) in [5.74, 6) is 6.22. The Morgan fingerprint density at radius 2 is 1.72 bits per heavy atom. The van der Waals surface area contributed by atoms with Crippen LogP contribution in [0, 0.1) is 0 Å². The van der Waals surface area contributed by atoms with E-state index < -0.39 is 0 Å². The van der Waals surface area contributed by atoms with Crippen LogP contribution in [0.4, 0.5) is 5.95 Å². The highest BCUT2D eigenvalue weighted by Crippen LogP contribution is 2.20. The van der Waals surface area contributed by atoms with Crippen molar-refractivity contribution in [2.45, 2.75) is 6.54 Å². The third kappa shape index (κ3) is 1.83. The Bertz CT molecular complexity index is 658. The van der Waals surface area contributed by atoms with Crippen LogP contribution in [0.15, 0.2) is 54.6 Å². The van der Waals surface area contributed by atoms with Crippen molar-refractivity contribution < 1.29 is 0 Å². The number of imidazole rings is 1.